The van der Waals surface area contributed by atoms with Crippen LogP contribution in [0.3, 0.4) is 0 Å². The van der Waals surface area contributed by atoms with E-state index >= 15 is 0 Å². The summed E-state index contributed by atoms with van der Waals surface area (Å²) in [6.45, 7) is 1.40. The number of amides is 2. The van der Waals surface area contributed by atoms with Gasteiger partial charge in [-0.3, -0.25) is 9.59 Å². The van der Waals surface area contributed by atoms with Crippen molar-refractivity contribution in [3.63, 3.8) is 0 Å². The zero-order valence-corrected chi connectivity index (χ0v) is 11.4. The van der Waals surface area contributed by atoms with Crippen LogP contribution < -0.4 is 0 Å². The van der Waals surface area contributed by atoms with Crippen molar-refractivity contribution in [3.05, 3.63) is 0 Å². The Kier molecular flexibility index (Phi) is 5.75. The first-order valence-electron chi connectivity index (χ1n) is 6.11. The summed E-state index contributed by atoms with van der Waals surface area (Å²) in [6.07, 6.45) is 2.82. The van der Waals surface area contributed by atoms with Crippen molar-refractivity contribution in [1.82, 2.24) is 9.80 Å². The molecule has 17 heavy (non-hydrogen) atoms. The lowest BCUT2D eigenvalue weighted by molar-refractivity contribution is -0.139. The quantitative estimate of drug-likeness (QED) is 0.716. The van der Waals surface area contributed by atoms with Crippen LogP contribution in [0, 0.1) is 5.92 Å². The molecule has 0 aromatic rings. The van der Waals surface area contributed by atoms with E-state index in [1.807, 2.05) is 4.90 Å². The molecule has 4 nitrogen and oxygen atoms in total. The Morgan fingerprint density at radius 3 is 2.35 bits per heavy atom. The minimum atomic E-state index is 0.0853. The van der Waals surface area contributed by atoms with Crippen LogP contribution in [-0.2, 0) is 9.59 Å². The Morgan fingerprint density at radius 1 is 1.29 bits per heavy atom. The fourth-order valence-corrected chi connectivity index (χ4v) is 2.25. The topological polar surface area (TPSA) is 40.6 Å². The van der Waals surface area contributed by atoms with Gasteiger partial charge in [0.2, 0.25) is 11.8 Å². The van der Waals surface area contributed by atoms with Crippen LogP contribution in [0.5, 0.6) is 0 Å². The van der Waals surface area contributed by atoms with Crippen molar-refractivity contribution in [1.29, 1.82) is 0 Å². The van der Waals surface area contributed by atoms with Gasteiger partial charge in [0.1, 0.15) is 0 Å². The highest BCUT2D eigenvalue weighted by Gasteiger charge is 2.27. The Morgan fingerprint density at radius 2 is 1.88 bits per heavy atom. The molecule has 0 radical (unpaired) electrons. The molecular formula is C12H21ClN2O2. The summed E-state index contributed by atoms with van der Waals surface area (Å²) in [4.78, 5) is 27.0. The van der Waals surface area contributed by atoms with E-state index in [-0.39, 0.29) is 17.7 Å². The van der Waals surface area contributed by atoms with Gasteiger partial charge in [-0.1, -0.05) is 0 Å². The minimum absolute atomic E-state index is 0.0853. The first kappa shape index (κ1) is 14.3. The number of rotatable bonds is 4. The van der Waals surface area contributed by atoms with Crippen LogP contribution in [0.25, 0.3) is 0 Å². The summed E-state index contributed by atoms with van der Waals surface area (Å²) >= 11 is 5.56. The summed E-state index contributed by atoms with van der Waals surface area (Å²) in [5.74, 6) is 0.961. The molecule has 0 atom stereocenters. The van der Waals surface area contributed by atoms with Gasteiger partial charge >= 0.3 is 0 Å². The lowest BCUT2D eigenvalue weighted by Gasteiger charge is -2.32. The Hall–Kier alpha value is -0.770. The maximum Gasteiger partial charge on any atom is 0.225 e. The molecule has 0 aromatic carbocycles. The molecule has 0 unspecified atom stereocenters. The molecule has 1 heterocycles. The van der Waals surface area contributed by atoms with Gasteiger partial charge in [0.25, 0.3) is 0 Å². The number of piperidine rings is 1. The van der Waals surface area contributed by atoms with Crippen molar-refractivity contribution >= 4 is 23.4 Å². The number of carbonyl (C=O) groups excluding carboxylic acids is 2. The van der Waals surface area contributed by atoms with Gasteiger partial charge in [0.15, 0.2) is 0 Å². The van der Waals surface area contributed by atoms with E-state index in [1.165, 1.54) is 0 Å². The molecule has 0 spiro atoms. The normalized spacial score (nSPS) is 17.0. The molecular weight excluding hydrogens is 240 g/mol. The molecule has 1 saturated heterocycles. The van der Waals surface area contributed by atoms with E-state index in [4.69, 9.17) is 11.6 Å². The molecule has 0 N–H and O–H groups in total. The maximum absolute atomic E-state index is 11.8. The third kappa shape index (κ3) is 4.19. The van der Waals surface area contributed by atoms with Crippen molar-refractivity contribution in [2.75, 3.05) is 33.1 Å². The first-order chi connectivity index (χ1) is 8.06. The third-order valence-electron chi connectivity index (χ3n) is 3.16. The van der Waals surface area contributed by atoms with Crippen LogP contribution in [-0.4, -0.2) is 54.7 Å². The second kappa shape index (κ2) is 6.84. The Balaban J connectivity index is 2.35. The van der Waals surface area contributed by atoms with E-state index < -0.39 is 0 Å². The maximum atomic E-state index is 11.8. The molecule has 1 aliphatic rings. The SMILES string of the molecule is CN(C)C(=O)C1CCN(C(=O)CCCCl)CC1. The van der Waals surface area contributed by atoms with Crippen molar-refractivity contribution in [2.45, 2.75) is 25.7 Å². The Labute approximate surface area is 108 Å². The number of likely N-dealkylation sites (tertiary alicyclic amines) is 1. The van der Waals surface area contributed by atoms with Gasteiger partial charge < -0.3 is 9.80 Å². The largest absolute Gasteiger partial charge is 0.349 e. The summed E-state index contributed by atoms with van der Waals surface area (Å²) in [6, 6.07) is 0. The zero-order valence-electron chi connectivity index (χ0n) is 10.6. The second-order valence-corrected chi connectivity index (χ2v) is 5.06. The lowest BCUT2D eigenvalue weighted by atomic mass is 9.95. The predicted octanol–water partition coefficient (Wildman–Crippen LogP) is 1.33. The molecule has 5 heteroatoms. The predicted molar refractivity (Wildman–Crippen MR) is 68.0 cm³/mol. The van der Waals surface area contributed by atoms with Crippen molar-refractivity contribution < 1.29 is 9.59 Å². The van der Waals surface area contributed by atoms with E-state index in [0.717, 1.165) is 19.3 Å². The van der Waals surface area contributed by atoms with Gasteiger partial charge in [0, 0.05) is 45.4 Å². The highest BCUT2D eigenvalue weighted by Crippen LogP contribution is 2.19. The fourth-order valence-electron chi connectivity index (χ4n) is 2.12. The highest BCUT2D eigenvalue weighted by molar-refractivity contribution is 6.17. The van der Waals surface area contributed by atoms with Crippen LogP contribution >= 0.6 is 11.6 Å². The number of carbonyl (C=O) groups is 2. The number of hydrogen-bond acceptors (Lipinski definition) is 2. The molecule has 0 bridgehead atoms. The second-order valence-electron chi connectivity index (χ2n) is 4.68. The Bertz CT molecular complexity index is 274. The average Bonchev–Trinajstić information content (AvgIpc) is 2.35. The van der Waals surface area contributed by atoms with E-state index in [1.54, 1.807) is 19.0 Å². The van der Waals surface area contributed by atoms with Crippen molar-refractivity contribution in [2.24, 2.45) is 5.92 Å². The van der Waals surface area contributed by atoms with E-state index in [9.17, 15) is 9.59 Å². The summed E-state index contributed by atoms with van der Waals surface area (Å²) in [7, 11) is 3.56. The number of halogens is 1. The minimum Gasteiger partial charge on any atom is -0.349 e. The highest BCUT2D eigenvalue weighted by atomic mass is 35.5. The van der Waals surface area contributed by atoms with Crippen LogP contribution in [0.15, 0.2) is 0 Å². The molecule has 1 rings (SSSR count). The monoisotopic (exact) mass is 260 g/mol. The molecule has 1 aliphatic heterocycles. The molecule has 98 valence electrons. The smallest absolute Gasteiger partial charge is 0.225 e. The first-order valence-corrected chi connectivity index (χ1v) is 6.64. The fraction of sp³-hybridized carbons (Fsp3) is 0.833. The molecule has 0 aliphatic carbocycles. The lowest BCUT2D eigenvalue weighted by Crippen LogP contribution is -2.42. The van der Waals surface area contributed by atoms with Gasteiger partial charge in [0.05, 0.1) is 0 Å². The summed E-state index contributed by atoms with van der Waals surface area (Å²) in [5.41, 5.74) is 0. The standard InChI is InChI=1S/C12H21ClN2O2/c1-14(2)12(17)10-5-8-15(9-6-10)11(16)4-3-7-13/h10H,3-9H2,1-2H3. The van der Waals surface area contributed by atoms with E-state index in [0.29, 0.717) is 25.4 Å². The average molecular weight is 261 g/mol. The summed E-state index contributed by atoms with van der Waals surface area (Å²) in [5, 5.41) is 0. The molecule has 1 fully saturated rings. The third-order valence-corrected chi connectivity index (χ3v) is 3.43. The number of alkyl halides is 1. The van der Waals surface area contributed by atoms with Crippen molar-refractivity contribution in [3.8, 4) is 0 Å². The summed E-state index contributed by atoms with van der Waals surface area (Å²) < 4.78 is 0. The van der Waals surface area contributed by atoms with Crippen LogP contribution in [0.1, 0.15) is 25.7 Å². The van der Waals surface area contributed by atoms with Gasteiger partial charge in [-0.15, -0.1) is 11.6 Å². The van der Waals surface area contributed by atoms with E-state index in [2.05, 4.69) is 0 Å². The van der Waals surface area contributed by atoms with Gasteiger partial charge in [-0.25, -0.2) is 0 Å². The van der Waals surface area contributed by atoms with Crippen LogP contribution in [0.4, 0.5) is 0 Å². The molecule has 0 saturated carbocycles. The number of hydrogen-bond donors (Lipinski definition) is 0. The molecule has 2 amide bonds. The van der Waals surface area contributed by atoms with Gasteiger partial charge in [-0.05, 0) is 19.3 Å². The van der Waals surface area contributed by atoms with Crippen LogP contribution in [0.2, 0.25) is 0 Å². The van der Waals surface area contributed by atoms with Gasteiger partial charge in [-0.2, -0.15) is 0 Å². The molecule has 0 aromatic heterocycles. The zero-order chi connectivity index (χ0) is 12.8. The number of nitrogens with zero attached hydrogens (tertiary/aromatic N) is 2.